The highest BCUT2D eigenvalue weighted by Gasteiger charge is 2.36. The monoisotopic (exact) mass is 381 g/mol. The van der Waals surface area contributed by atoms with Gasteiger partial charge in [-0.3, -0.25) is 19.3 Å². The molecule has 0 aliphatic carbocycles. The normalized spacial score (nSPS) is 14.2. The zero-order valence-electron chi connectivity index (χ0n) is 16.1. The average Bonchev–Trinajstić information content (AvgIpc) is 2.93. The number of nitrogens with one attached hydrogen (secondary N) is 1. The topological polar surface area (TPSA) is 79.0 Å². The molecule has 1 atom stereocenters. The van der Waals surface area contributed by atoms with Crippen LogP contribution in [0, 0.1) is 0 Å². The van der Waals surface area contributed by atoms with Gasteiger partial charge in [-0.1, -0.05) is 30.3 Å². The van der Waals surface area contributed by atoms with Crippen LogP contribution < -0.4 is 10.1 Å². The first-order valence-corrected chi connectivity index (χ1v) is 8.95. The SMILES string of the molecule is COc1ccccc1[C@H](CNC(=O)CN1C(=O)c2ccccc2C1=O)N(C)C. The van der Waals surface area contributed by atoms with Gasteiger partial charge in [-0.25, -0.2) is 0 Å². The highest BCUT2D eigenvalue weighted by molar-refractivity contribution is 6.22. The minimum absolute atomic E-state index is 0.123. The molecular formula is C21H23N3O4. The van der Waals surface area contributed by atoms with Crippen molar-refractivity contribution in [1.29, 1.82) is 0 Å². The van der Waals surface area contributed by atoms with E-state index in [1.165, 1.54) is 0 Å². The Balaban J connectivity index is 1.66. The second kappa shape index (κ2) is 8.22. The van der Waals surface area contributed by atoms with Gasteiger partial charge >= 0.3 is 0 Å². The van der Waals surface area contributed by atoms with Crippen molar-refractivity contribution in [3.63, 3.8) is 0 Å². The number of fused-ring (bicyclic) bond motifs is 1. The molecule has 0 saturated heterocycles. The minimum atomic E-state index is -0.440. The molecule has 146 valence electrons. The van der Waals surface area contributed by atoms with Crippen molar-refractivity contribution < 1.29 is 19.1 Å². The number of para-hydroxylation sites is 1. The third-order valence-electron chi connectivity index (χ3n) is 4.79. The Hall–Kier alpha value is -3.19. The summed E-state index contributed by atoms with van der Waals surface area (Å²) in [6.07, 6.45) is 0. The number of nitrogens with zero attached hydrogens (tertiary/aromatic N) is 2. The third-order valence-corrected chi connectivity index (χ3v) is 4.79. The van der Waals surface area contributed by atoms with Crippen molar-refractivity contribution in [3.8, 4) is 5.75 Å². The number of carbonyl (C=O) groups excluding carboxylic acids is 3. The minimum Gasteiger partial charge on any atom is -0.496 e. The number of benzene rings is 2. The van der Waals surface area contributed by atoms with Crippen LogP contribution in [0.5, 0.6) is 5.75 Å². The fraction of sp³-hybridized carbons (Fsp3) is 0.286. The molecule has 0 fully saturated rings. The zero-order chi connectivity index (χ0) is 20.3. The maximum absolute atomic E-state index is 12.4. The van der Waals surface area contributed by atoms with Crippen molar-refractivity contribution in [3.05, 3.63) is 65.2 Å². The van der Waals surface area contributed by atoms with Crippen LogP contribution in [0.15, 0.2) is 48.5 Å². The van der Waals surface area contributed by atoms with Crippen LogP contribution in [0.25, 0.3) is 0 Å². The largest absolute Gasteiger partial charge is 0.496 e. The summed E-state index contributed by atoms with van der Waals surface area (Å²) in [5.74, 6) is -0.540. The van der Waals surface area contributed by atoms with E-state index in [0.29, 0.717) is 17.7 Å². The van der Waals surface area contributed by atoms with Gasteiger partial charge in [0.1, 0.15) is 12.3 Å². The molecule has 0 saturated carbocycles. The van der Waals surface area contributed by atoms with E-state index in [1.807, 2.05) is 43.3 Å². The summed E-state index contributed by atoms with van der Waals surface area (Å²) < 4.78 is 5.42. The van der Waals surface area contributed by atoms with Gasteiger partial charge in [0.2, 0.25) is 5.91 Å². The molecular weight excluding hydrogens is 358 g/mol. The summed E-state index contributed by atoms with van der Waals surface area (Å²) in [6, 6.07) is 14.1. The van der Waals surface area contributed by atoms with E-state index in [4.69, 9.17) is 4.74 Å². The number of methoxy groups -OCH3 is 1. The molecule has 0 bridgehead atoms. The first kappa shape index (κ1) is 19.6. The fourth-order valence-electron chi connectivity index (χ4n) is 3.31. The Morgan fingerprint density at radius 3 is 2.18 bits per heavy atom. The van der Waals surface area contributed by atoms with Crippen LogP contribution in [0.4, 0.5) is 0 Å². The molecule has 3 amide bonds. The number of hydrogen-bond acceptors (Lipinski definition) is 5. The number of rotatable bonds is 7. The number of carbonyl (C=O) groups is 3. The van der Waals surface area contributed by atoms with E-state index in [9.17, 15) is 14.4 Å². The molecule has 2 aromatic carbocycles. The predicted molar refractivity (Wildman–Crippen MR) is 104 cm³/mol. The second-order valence-corrected chi connectivity index (χ2v) is 6.77. The Morgan fingerprint density at radius 2 is 1.61 bits per heavy atom. The first-order valence-electron chi connectivity index (χ1n) is 8.95. The van der Waals surface area contributed by atoms with E-state index in [2.05, 4.69) is 5.32 Å². The summed E-state index contributed by atoms with van der Waals surface area (Å²) >= 11 is 0. The highest BCUT2D eigenvalue weighted by Crippen LogP contribution is 2.27. The van der Waals surface area contributed by atoms with Crippen LogP contribution in [0.1, 0.15) is 32.3 Å². The summed E-state index contributed by atoms with van der Waals surface area (Å²) in [5.41, 5.74) is 1.61. The molecule has 2 aromatic rings. The lowest BCUT2D eigenvalue weighted by Gasteiger charge is -2.27. The van der Waals surface area contributed by atoms with Crippen molar-refractivity contribution >= 4 is 17.7 Å². The van der Waals surface area contributed by atoms with Crippen LogP contribution >= 0.6 is 0 Å². The number of hydrogen-bond donors (Lipinski definition) is 1. The summed E-state index contributed by atoms with van der Waals surface area (Å²) in [7, 11) is 5.42. The van der Waals surface area contributed by atoms with Crippen molar-refractivity contribution in [2.24, 2.45) is 0 Å². The Bertz CT molecular complexity index is 875. The van der Waals surface area contributed by atoms with Crippen molar-refractivity contribution in [2.75, 3.05) is 34.3 Å². The molecule has 28 heavy (non-hydrogen) atoms. The van der Waals surface area contributed by atoms with Gasteiger partial charge in [0, 0.05) is 12.1 Å². The van der Waals surface area contributed by atoms with E-state index < -0.39 is 17.7 Å². The Morgan fingerprint density at radius 1 is 1.04 bits per heavy atom. The number of likely N-dealkylation sites (N-methyl/N-ethyl adjacent to an activating group) is 1. The van der Waals surface area contributed by atoms with Crippen LogP contribution in [-0.2, 0) is 4.79 Å². The van der Waals surface area contributed by atoms with Gasteiger partial charge in [0.25, 0.3) is 11.8 Å². The van der Waals surface area contributed by atoms with Crippen LogP contribution in [0.3, 0.4) is 0 Å². The number of imide groups is 1. The lowest BCUT2D eigenvalue weighted by Crippen LogP contribution is -2.42. The first-order chi connectivity index (χ1) is 13.4. The summed E-state index contributed by atoms with van der Waals surface area (Å²) in [4.78, 5) is 40.2. The summed E-state index contributed by atoms with van der Waals surface area (Å²) in [5, 5.41) is 2.83. The smallest absolute Gasteiger partial charge is 0.262 e. The van der Waals surface area contributed by atoms with E-state index in [0.717, 1.165) is 16.2 Å². The molecule has 0 spiro atoms. The third kappa shape index (κ3) is 3.75. The lowest BCUT2D eigenvalue weighted by molar-refractivity contribution is -0.121. The van der Waals surface area contributed by atoms with Gasteiger partial charge in [-0.2, -0.15) is 0 Å². The van der Waals surface area contributed by atoms with Gasteiger partial charge in [0.15, 0.2) is 0 Å². The molecule has 0 unspecified atom stereocenters. The maximum Gasteiger partial charge on any atom is 0.262 e. The van der Waals surface area contributed by atoms with Gasteiger partial charge in [0.05, 0.1) is 24.3 Å². The molecule has 7 heteroatoms. The maximum atomic E-state index is 12.4. The number of amides is 3. The lowest BCUT2D eigenvalue weighted by atomic mass is 10.0. The molecule has 0 radical (unpaired) electrons. The molecule has 1 heterocycles. The average molecular weight is 381 g/mol. The van der Waals surface area contributed by atoms with Gasteiger partial charge in [-0.15, -0.1) is 0 Å². The highest BCUT2D eigenvalue weighted by atomic mass is 16.5. The van der Waals surface area contributed by atoms with E-state index >= 15 is 0 Å². The standard InChI is InChI=1S/C21H23N3O4/c1-23(2)17(16-10-6-7-11-18(16)28-3)12-22-19(25)13-24-20(26)14-8-4-5-9-15(14)21(24)27/h4-11,17H,12-13H2,1-3H3,(H,22,25)/t17-/m0/s1. The summed E-state index contributed by atoms with van der Waals surface area (Å²) in [6.45, 7) is 0.00773. The fourth-order valence-corrected chi connectivity index (χ4v) is 3.31. The zero-order valence-corrected chi connectivity index (χ0v) is 16.1. The predicted octanol–water partition coefficient (Wildman–Crippen LogP) is 1.71. The Kier molecular flexibility index (Phi) is 5.75. The van der Waals surface area contributed by atoms with E-state index in [1.54, 1.807) is 31.4 Å². The quantitative estimate of drug-likeness (QED) is 0.739. The number of ether oxygens (including phenoxy) is 1. The molecule has 1 aliphatic heterocycles. The molecule has 1 aliphatic rings. The van der Waals surface area contributed by atoms with Gasteiger partial charge in [-0.05, 0) is 32.3 Å². The van der Waals surface area contributed by atoms with Gasteiger partial charge < -0.3 is 15.0 Å². The molecule has 3 rings (SSSR count). The van der Waals surface area contributed by atoms with Crippen LogP contribution in [0.2, 0.25) is 0 Å². The van der Waals surface area contributed by atoms with Crippen molar-refractivity contribution in [1.82, 2.24) is 15.1 Å². The van der Waals surface area contributed by atoms with Crippen LogP contribution in [-0.4, -0.2) is 61.8 Å². The second-order valence-electron chi connectivity index (χ2n) is 6.77. The molecule has 0 aromatic heterocycles. The molecule has 1 N–H and O–H groups in total. The molecule has 7 nitrogen and oxygen atoms in total. The Labute approximate surface area is 163 Å². The van der Waals surface area contributed by atoms with E-state index in [-0.39, 0.29) is 12.6 Å². The van der Waals surface area contributed by atoms with Crippen molar-refractivity contribution in [2.45, 2.75) is 6.04 Å².